The van der Waals surface area contributed by atoms with Crippen LogP contribution in [0.25, 0.3) is 11.2 Å². The predicted octanol–water partition coefficient (Wildman–Crippen LogP) is 2.59. The SMILES string of the molecule is N#CCc1ccccc1-n1ccc(C(=O)NC2CCN(c3nccn4cccc34)C2)n1. The summed E-state index contributed by atoms with van der Waals surface area (Å²) >= 11 is 0. The zero-order chi connectivity index (χ0) is 21.2. The summed E-state index contributed by atoms with van der Waals surface area (Å²) < 4.78 is 3.70. The molecule has 4 aromatic rings. The number of carbonyl (C=O) groups is 1. The van der Waals surface area contributed by atoms with Crippen LogP contribution in [0.15, 0.2) is 67.3 Å². The van der Waals surface area contributed by atoms with Gasteiger partial charge in [-0.15, -0.1) is 0 Å². The fraction of sp³-hybridized carbons (Fsp3) is 0.217. The molecule has 1 amide bonds. The average Bonchev–Trinajstić information content (AvgIpc) is 3.54. The molecule has 1 atom stereocenters. The molecule has 5 rings (SSSR count). The van der Waals surface area contributed by atoms with Gasteiger partial charge in [0.25, 0.3) is 5.91 Å². The van der Waals surface area contributed by atoms with Crippen molar-refractivity contribution >= 4 is 17.2 Å². The smallest absolute Gasteiger partial charge is 0.272 e. The highest BCUT2D eigenvalue weighted by Gasteiger charge is 2.27. The van der Waals surface area contributed by atoms with E-state index < -0.39 is 0 Å². The lowest BCUT2D eigenvalue weighted by Crippen LogP contribution is -2.37. The maximum absolute atomic E-state index is 12.8. The summed E-state index contributed by atoms with van der Waals surface area (Å²) in [7, 11) is 0. The van der Waals surface area contributed by atoms with Crippen LogP contribution < -0.4 is 10.2 Å². The van der Waals surface area contributed by atoms with Crippen LogP contribution >= 0.6 is 0 Å². The third-order valence-corrected chi connectivity index (χ3v) is 5.58. The van der Waals surface area contributed by atoms with Gasteiger partial charge in [0.2, 0.25) is 0 Å². The number of benzene rings is 1. The van der Waals surface area contributed by atoms with Gasteiger partial charge in [-0.2, -0.15) is 10.4 Å². The molecule has 0 spiro atoms. The minimum atomic E-state index is -0.197. The predicted molar refractivity (Wildman–Crippen MR) is 116 cm³/mol. The van der Waals surface area contributed by atoms with Crippen molar-refractivity contribution in [2.45, 2.75) is 18.9 Å². The number of nitrogens with one attached hydrogen (secondary N) is 1. The highest BCUT2D eigenvalue weighted by atomic mass is 16.2. The lowest BCUT2D eigenvalue weighted by molar-refractivity contribution is 0.0935. The molecule has 8 heteroatoms. The first-order chi connectivity index (χ1) is 15.2. The number of hydrogen-bond acceptors (Lipinski definition) is 5. The summed E-state index contributed by atoms with van der Waals surface area (Å²) in [5.74, 6) is 0.736. The van der Waals surface area contributed by atoms with Gasteiger partial charge in [-0.25, -0.2) is 9.67 Å². The molecule has 1 N–H and O–H groups in total. The van der Waals surface area contributed by atoms with Crippen molar-refractivity contribution in [2.75, 3.05) is 18.0 Å². The lowest BCUT2D eigenvalue weighted by atomic mass is 10.1. The second-order valence-electron chi connectivity index (χ2n) is 7.57. The Morgan fingerprint density at radius 3 is 2.97 bits per heavy atom. The van der Waals surface area contributed by atoms with E-state index in [1.807, 2.05) is 53.2 Å². The number of fused-ring (bicyclic) bond motifs is 1. The topological polar surface area (TPSA) is 91.2 Å². The van der Waals surface area contributed by atoms with E-state index in [4.69, 9.17) is 5.26 Å². The Hall–Kier alpha value is -4.12. The molecule has 1 aliphatic rings. The minimum absolute atomic E-state index is 0.0283. The van der Waals surface area contributed by atoms with Gasteiger partial charge in [0.1, 0.15) is 0 Å². The monoisotopic (exact) mass is 411 g/mol. The molecule has 8 nitrogen and oxygen atoms in total. The number of carbonyl (C=O) groups excluding carboxylic acids is 1. The van der Waals surface area contributed by atoms with E-state index in [-0.39, 0.29) is 18.4 Å². The van der Waals surface area contributed by atoms with E-state index in [2.05, 4.69) is 26.4 Å². The molecule has 1 aromatic carbocycles. The summed E-state index contributed by atoms with van der Waals surface area (Å²) in [6.45, 7) is 1.54. The van der Waals surface area contributed by atoms with Crippen molar-refractivity contribution in [1.82, 2.24) is 24.5 Å². The molecular weight excluding hydrogens is 390 g/mol. The Bertz CT molecular complexity index is 1280. The van der Waals surface area contributed by atoms with Gasteiger partial charge in [0.05, 0.1) is 23.7 Å². The molecule has 1 fully saturated rings. The Balaban J connectivity index is 1.28. The first kappa shape index (κ1) is 18.9. The summed E-state index contributed by atoms with van der Waals surface area (Å²) in [4.78, 5) is 19.5. The third-order valence-electron chi connectivity index (χ3n) is 5.58. The number of amides is 1. The first-order valence-corrected chi connectivity index (χ1v) is 10.2. The van der Waals surface area contributed by atoms with Crippen LogP contribution in [0.3, 0.4) is 0 Å². The van der Waals surface area contributed by atoms with Gasteiger partial charge in [-0.05, 0) is 36.2 Å². The number of para-hydroxylation sites is 1. The van der Waals surface area contributed by atoms with Crippen LogP contribution in [0, 0.1) is 11.3 Å². The standard InChI is InChI=1S/C23H21N7O/c24-10-7-17-4-1-2-5-20(17)30-14-9-19(27-30)23(31)26-18-8-13-29(16-18)22-21-6-3-12-28(21)15-11-25-22/h1-6,9,11-12,14-15,18H,7-8,13,16H2,(H,26,31). The quantitative estimate of drug-likeness (QED) is 0.545. The van der Waals surface area contributed by atoms with Gasteiger partial charge in [-0.1, -0.05) is 18.2 Å². The van der Waals surface area contributed by atoms with Crippen molar-refractivity contribution in [3.63, 3.8) is 0 Å². The molecule has 154 valence electrons. The van der Waals surface area contributed by atoms with Gasteiger partial charge < -0.3 is 14.6 Å². The van der Waals surface area contributed by atoms with Crippen molar-refractivity contribution in [1.29, 1.82) is 5.26 Å². The van der Waals surface area contributed by atoms with Crippen molar-refractivity contribution in [2.24, 2.45) is 0 Å². The van der Waals surface area contributed by atoms with Crippen LogP contribution in [0.5, 0.6) is 0 Å². The largest absolute Gasteiger partial charge is 0.353 e. The average molecular weight is 411 g/mol. The molecule has 0 aliphatic carbocycles. The highest BCUT2D eigenvalue weighted by Crippen LogP contribution is 2.23. The fourth-order valence-corrected chi connectivity index (χ4v) is 4.08. The second kappa shape index (κ2) is 7.95. The summed E-state index contributed by atoms with van der Waals surface area (Å²) in [6, 6.07) is 15.5. The minimum Gasteiger partial charge on any atom is -0.353 e. The van der Waals surface area contributed by atoms with E-state index >= 15 is 0 Å². The normalized spacial score (nSPS) is 15.8. The highest BCUT2D eigenvalue weighted by molar-refractivity contribution is 5.92. The van der Waals surface area contributed by atoms with Gasteiger partial charge in [0.15, 0.2) is 11.5 Å². The second-order valence-corrected chi connectivity index (χ2v) is 7.57. The zero-order valence-corrected chi connectivity index (χ0v) is 16.8. The van der Waals surface area contributed by atoms with Crippen LogP contribution in [0.4, 0.5) is 5.82 Å². The number of aromatic nitrogens is 4. The molecule has 0 radical (unpaired) electrons. The fourth-order valence-electron chi connectivity index (χ4n) is 4.08. The molecule has 31 heavy (non-hydrogen) atoms. The van der Waals surface area contributed by atoms with Crippen molar-refractivity contribution in [3.05, 3.63) is 78.5 Å². The van der Waals surface area contributed by atoms with E-state index in [9.17, 15) is 4.79 Å². The Labute approximate surface area is 179 Å². The molecule has 1 saturated heterocycles. The maximum atomic E-state index is 12.8. The Morgan fingerprint density at radius 2 is 2.06 bits per heavy atom. The number of nitrogens with zero attached hydrogens (tertiary/aromatic N) is 6. The van der Waals surface area contributed by atoms with E-state index in [1.54, 1.807) is 23.1 Å². The summed E-state index contributed by atoms with van der Waals surface area (Å²) in [5, 5.41) is 16.6. The van der Waals surface area contributed by atoms with Gasteiger partial charge in [-0.3, -0.25) is 4.79 Å². The summed E-state index contributed by atoms with van der Waals surface area (Å²) in [6.07, 6.45) is 8.62. The van der Waals surface area contributed by atoms with E-state index in [0.717, 1.165) is 35.6 Å². The third kappa shape index (κ3) is 3.62. The van der Waals surface area contributed by atoms with Crippen molar-refractivity contribution in [3.8, 4) is 11.8 Å². The maximum Gasteiger partial charge on any atom is 0.272 e. The molecule has 3 aromatic heterocycles. The number of rotatable bonds is 5. The Morgan fingerprint density at radius 1 is 1.16 bits per heavy atom. The number of hydrogen-bond donors (Lipinski definition) is 1. The molecular formula is C23H21N7O. The molecule has 1 unspecified atom stereocenters. The van der Waals surface area contributed by atoms with Gasteiger partial charge in [0, 0.05) is 43.9 Å². The lowest BCUT2D eigenvalue weighted by Gasteiger charge is -2.18. The molecule has 0 saturated carbocycles. The molecule has 4 heterocycles. The molecule has 0 bridgehead atoms. The zero-order valence-electron chi connectivity index (χ0n) is 16.8. The van der Waals surface area contributed by atoms with Crippen LogP contribution in [0.2, 0.25) is 0 Å². The van der Waals surface area contributed by atoms with Gasteiger partial charge >= 0.3 is 0 Å². The van der Waals surface area contributed by atoms with E-state index in [1.165, 1.54) is 0 Å². The molecule has 1 aliphatic heterocycles. The van der Waals surface area contributed by atoms with Crippen LogP contribution in [-0.4, -0.2) is 44.2 Å². The number of nitriles is 1. The van der Waals surface area contributed by atoms with Crippen molar-refractivity contribution < 1.29 is 4.79 Å². The van der Waals surface area contributed by atoms with E-state index in [0.29, 0.717) is 12.2 Å². The number of anilines is 1. The first-order valence-electron chi connectivity index (χ1n) is 10.2. The van der Waals surface area contributed by atoms with Crippen LogP contribution in [0.1, 0.15) is 22.5 Å². The summed E-state index contributed by atoms with van der Waals surface area (Å²) in [5.41, 5.74) is 3.10. The Kier molecular flexibility index (Phi) is 4.84. The van der Waals surface area contributed by atoms with Crippen LogP contribution in [-0.2, 0) is 6.42 Å².